The van der Waals surface area contributed by atoms with Gasteiger partial charge in [-0.1, -0.05) is 30.3 Å². The van der Waals surface area contributed by atoms with Crippen molar-refractivity contribution in [2.45, 2.75) is 24.7 Å². The van der Waals surface area contributed by atoms with Crippen LogP contribution in [0.2, 0.25) is 0 Å². The topological polar surface area (TPSA) is 66.9 Å². The number of methoxy groups -OCH3 is 2. The molecule has 2 aromatic rings. The van der Waals surface area contributed by atoms with Crippen molar-refractivity contribution in [3.63, 3.8) is 0 Å². The Kier molecular flexibility index (Phi) is 8.35. The molecule has 1 aromatic heterocycles. The number of thiazole rings is 1. The number of amides is 1. The molecule has 1 amide bonds. The highest BCUT2D eigenvalue weighted by Gasteiger charge is 2.42. The first-order chi connectivity index (χ1) is 16.2. The fourth-order valence-electron chi connectivity index (χ4n) is 5.11. The van der Waals surface area contributed by atoms with Crippen LogP contribution < -0.4 is 5.32 Å². The molecule has 7 nitrogen and oxygen atoms in total. The van der Waals surface area contributed by atoms with Crippen molar-refractivity contribution in [2.75, 3.05) is 72.0 Å². The first-order valence-electron chi connectivity index (χ1n) is 11.9. The zero-order valence-electron chi connectivity index (χ0n) is 19.8. The largest absolute Gasteiger partial charge is 0.383 e. The van der Waals surface area contributed by atoms with E-state index < -0.39 is 0 Å². The highest BCUT2D eigenvalue weighted by Crippen LogP contribution is 2.43. The van der Waals surface area contributed by atoms with E-state index in [1.165, 1.54) is 5.56 Å². The number of hydrogen-bond acceptors (Lipinski definition) is 7. The molecule has 2 fully saturated rings. The Labute approximate surface area is 201 Å². The van der Waals surface area contributed by atoms with Gasteiger partial charge >= 0.3 is 0 Å². The van der Waals surface area contributed by atoms with Gasteiger partial charge in [-0.15, -0.1) is 11.3 Å². The molecule has 180 valence electrons. The summed E-state index contributed by atoms with van der Waals surface area (Å²) in [5.74, 6) is 0.429. The summed E-state index contributed by atoms with van der Waals surface area (Å²) < 4.78 is 10.3. The SMILES string of the molecule is COCCNc1nc(C2(c3ccccc3)CCN(C(=O)C3CCN(CCOC)C3)CC2)cs1. The van der Waals surface area contributed by atoms with Gasteiger partial charge in [0.05, 0.1) is 24.8 Å². The van der Waals surface area contributed by atoms with Crippen LogP contribution in [0, 0.1) is 5.92 Å². The van der Waals surface area contributed by atoms with Crippen molar-refractivity contribution in [1.82, 2.24) is 14.8 Å². The van der Waals surface area contributed by atoms with Crippen LogP contribution >= 0.6 is 11.3 Å². The smallest absolute Gasteiger partial charge is 0.227 e. The Morgan fingerprint density at radius 2 is 1.91 bits per heavy atom. The molecular formula is C25H36N4O3S. The molecule has 1 unspecified atom stereocenters. The number of benzene rings is 1. The van der Waals surface area contributed by atoms with E-state index in [0.29, 0.717) is 12.5 Å². The number of carbonyl (C=O) groups is 1. The second-order valence-electron chi connectivity index (χ2n) is 9.01. The predicted octanol–water partition coefficient (Wildman–Crippen LogP) is 3.08. The lowest BCUT2D eigenvalue weighted by Gasteiger charge is -2.42. The van der Waals surface area contributed by atoms with Gasteiger partial charge < -0.3 is 24.6 Å². The summed E-state index contributed by atoms with van der Waals surface area (Å²) in [5, 5.41) is 6.47. The minimum Gasteiger partial charge on any atom is -0.383 e. The van der Waals surface area contributed by atoms with Crippen LogP contribution in [-0.2, 0) is 19.7 Å². The summed E-state index contributed by atoms with van der Waals surface area (Å²) in [6.07, 6.45) is 2.74. The molecule has 33 heavy (non-hydrogen) atoms. The monoisotopic (exact) mass is 472 g/mol. The van der Waals surface area contributed by atoms with Gasteiger partial charge in [-0.2, -0.15) is 0 Å². The molecule has 2 saturated heterocycles. The average molecular weight is 473 g/mol. The lowest BCUT2D eigenvalue weighted by Crippen LogP contribution is -2.48. The van der Waals surface area contributed by atoms with Crippen molar-refractivity contribution in [3.8, 4) is 0 Å². The molecule has 1 atom stereocenters. The molecule has 0 aliphatic carbocycles. The van der Waals surface area contributed by atoms with Crippen molar-refractivity contribution >= 4 is 22.4 Å². The summed E-state index contributed by atoms with van der Waals surface area (Å²) >= 11 is 1.65. The van der Waals surface area contributed by atoms with Gasteiger partial charge in [0.25, 0.3) is 0 Å². The number of aromatic nitrogens is 1. The standard InChI is InChI=1S/C25H36N4O3S/c1-31-16-11-26-24-27-22(19-33-24)25(21-6-4-3-5-7-21)9-13-29(14-10-25)23(30)20-8-12-28(18-20)15-17-32-2/h3-7,19-20H,8-18H2,1-2H3,(H,26,27). The van der Waals surface area contributed by atoms with Gasteiger partial charge in [0.1, 0.15) is 0 Å². The minimum absolute atomic E-state index is 0.113. The van der Waals surface area contributed by atoms with Crippen molar-refractivity contribution in [2.24, 2.45) is 5.92 Å². The first-order valence-corrected chi connectivity index (χ1v) is 12.8. The Hall–Kier alpha value is -2.00. The highest BCUT2D eigenvalue weighted by molar-refractivity contribution is 7.13. The van der Waals surface area contributed by atoms with Crippen LogP contribution in [0.3, 0.4) is 0 Å². The van der Waals surface area contributed by atoms with Crippen LogP contribution in [-0.4, -0.2) is 87.4 Å². The van der Waals surface area contributed by atoms with Crippen LogP contribution in [0.5, 0.6) is 0 Å². The number of likely N-dealkylation sites (tertiary alicyclic amines) is 2. The van der Waals surface area contributed by atoms with Gasteiger partial charge in [-0.3, -0.25) is 4.79 Å². The van der Waals surface area contributed by atoms with Crippen molar-refractivity contribution in [1.29, 1.82) is 0 Å². The Morgan fingerprint density at radius 1 is 1.15 bits per heavy atom. The normalized spacial score (nSPS) is 20.8. The fraction of sp³-hybridized carbons (Fsp3) is 0.600. The molecule has 8 heteroatoms. The second kappa shape index (κ2) is 11.4. The van der Waals surface area contributed by atoms with Crippen LogP contribution in [0.25, 0.3) is 0 Å². The van der Waals surface area contributed by atoms with Crippen molar-refractivity contribution < 1.29 is 14.3 Å². The number of ether oxygens (including phenoxy) is 2. The summed E-state index contributed by atoms with van der Waals surface area (Å²) in [6, 6.07) is 10.7. The lowest BCUT2D eigenvalue weighted by atomic mass is 9.70. The highest BCUT2D eigenvalue weighted by atomic mass is 32.1. The van der Waals surface area contributed by atoms with E-state index in [2.05, 4.69) is 50.8 Å². The third-order valence-corrected chi connectivity index (χ3v) is 7.87. The molecular weight excluding hydrogens is 436 g/mol. The van der Waals surface area contributed by atoms with Gasteiger partial charge in [0.2, 0.25) is 5.91 Å². The van der Waals surface area contributed by atoms with Gasteiger partial charge in [0.15, 0.2) is 5.13 Å². The average Bonchev–Trinajstić information content (AvgIpc) is 3.53. The van der Waals surface area contributed by atoms with Crippen LogP contribution in [0.15, 0.2) is 35.7 Å². The number of rotatable bonds is 10. The zero-order chi connectivity index (χ0) is 23.1. The van der Waals surface area contributed by atoms with E-state index in [0.717, 1.165) is 76.0 Å². The number of piperidine rings is 1. The summed E-state index contributed by atoms with van der Waals surface area (Å²) in [4.78, 5) is 22.7. The molecule has 3 heterocycles. The Bertz CT molecular complexity index is 883. The van der Waals surface area contributed by atoms with E-state index >= 15 is 0 Å². The van der Waals surface area contributed by atoms with Crippen LogP contribution in [0.1, 0.15) is 30.5 Å². The lowest BCUT2D eigenvalue weighted by molar-refractivity contribution is -0.136. The molecule has 0 spiro atoms. The molecule has 0 bridgehead atoms. The molecule has 1 N–H and O–H groups in total. The van der Waals surface area contributed by atoms with E-state index in [9.17, 15) is 4.79 Å². The van der Waals surface area contributed by atoms with Crippen molar-refractivity contribution in [3.05, 3.63) is 47.0 Å². The quantitative estimate of drug-likeness (QED) is 0.536. The first kappa shape index (κ1) is 24.1. The van der Waals surface area contributed by atoms with E-state index in [-0.39, 0.29) is 11.3 Å². The number of carbonyl (C=O) groups excluding carboxylic acids is 1. The van der Waals surface area contributed by atoms with E-state index in [1.807, 2.05) is 0 Å². The van der Waals surface area contributed by atoms with Gasteiger partial charge in [-0.25, -0.2) is 4.98 Å². The maximum Gasteiger partial charge on any atom is 0.227 e. The molecule has 2 aliphatic heterocycles. The summed E-state index contributed by atoms with van der Waals surface area (Å²) in [6.45, 7) is 6.40. The third kappa shape index (κ3) is 5.57. The molecule has 0 radical (unpaired) electrons. The maximum atomic E-state index is 13.3. The van der Waals surface area contributed by atoms with E-state index in [4.69, 9.17) is 14.5 Å². The Morgan fingerprint density at radius 3 is 2.64 bits per heavy atom. The minimum atomic E-state index is -0.157. The molecule has 1 aromatic carbocycles. The van der Waals surface area contributed by atoms with E-state index in [1.54, 1.807) is 25.6 Å². The zero-order valence-corrected chi connectivity index (χ0v) is 20.6. The predicted molar refractivity (Wildman–Crippen MR) is 132 cm³/mol. The molecule has 2 aliphatic rings. The fourth-order valence-corrected chi connectivity index (χ4v) is 5.95. The number of anilines is 1. The van der Waals surface area contributed by atoms with Crippen LogP contribution in [0.4, 0.5) is 5.13 Å². The second-order valence-corrected chi connectivity index (χ2v) is 9.87. The summed E-state index contributed by atoms with van der Waals surface area (Å²) in [7, 11) is 3.43. The number of hydrogen-bond donors (Lipinski definition) is 1. The number of nitrogens with zero attached hydrogens (tertiary/aromatic N) is 3. The third-order valence-electron chi connectivity index (χ3n) is 7.07. The van der Waals surface area contributed by atoms with Gasteiger partial charge in [0, 0.05) is 57.7 Å². The number of nitrogens with one attached hydrogen (secondary N) is 1. The Balaban J connectivity index is 1.45. The van der Waals surface area contributed by atoms with Gasteiger partial charge in [-0.05, 0) is 31.4 Å². The molecule has 0 saturated carbocycles. The maximum absolute atomic E-state index is 13.3. The molecule has 4 rings (SSSR count). The summed E-state index contributed by atoms with van der Waals surface area (Å²) in [5.41, 5.74) is 2.24.